The molecule has 0 aliphatic carbocycles. The fraction of sp³-hybridized carbons (Fsp3) is 0.176. The van der Waals surface area contributed by atoms with Crippen molar-refractivity contribution in [2.75, 3.05) is 17.3 Å². The number of carbonyl (C=O) groups is 2. The lowest BCUT2D eigenvalue weighted by molar-refractivity contribution is -0.116. The summed E-state index contributed by atoms with van der Waals surface area (Å²) >= 11 is 0. The molecular formula is C17H16F2N2O2. The molecule has 0 radical (unpaired) electrons. The van der Waals surface area contributed by atoms with Crippen LogP contribution in [0.4, 0.5) is 20.2 Å². The van der Waals surface area contributed by atoms with Gasteiger partial charge in [-0.15, -0.1) is 0 Å². The number of carbonyl (C=O) groups excluding carboxylic acids is 2. The monoisotopic (exact) mass is 318 g/mol. The van der Waals surface area contributed by atoms with Crippen LogP contribution >= 0.6 is 0 Å². The summed E-state index contributed by atoms with van der Waals surface area (Å²) in [7, 11) is 1.65. The Morgan fingerprint density at radius 3 is 2.30 bits per heavy atom. The van der Waals surface area contributed by atoms with Gasteiger partial charge in [0, 0.05) is 25.7 Å². The molecule has 0 heterocycles. The molecule has 4 nitrogen and oxygen atoms in total. The normalized spacial score (nSPS) is 10.3. The maximum absolute atomic E-state index is 13.5. The standard InChI is InChI=1S/C17H16F2N2O2/c1-11(22)21(2)14-6-3-12(4-7-14)9-17(23)20-16-8-5-13(18)10-15(16)19/h3-8,10H,9H2,1-2H3,(H,20,23). The van der Waals surface area contributed by atoms with Crippen LogP contribution in [0.5, 0.6) is 0 Å². The fourth-order valence-corrected chi connectivity index (χ4v) is 1.99. The van der Waals surface area contributed by atoms with Gasteiger partial charge in [-0.05, 0) is 29.8 Å². The van der Waals surface area contributed by atoms with Gasteiger partial charge in [0.2, 0.25) is 11.8 Å². The molecule has 0 saturated carbocycles. The Morgan fingerprint density at radius 1 is 1.09 bits per heavy atom. The highest BCUT2D eigenvalue weighted by molar-refractivity contribution is 5.93. The second-order valence-corrected chi connectivity index (χ2v) is 5.09. The summed E-state index contributed by atoms with van der Waals surface area (Å²) in [4.78, 5) is 24.7. The van der Waals surface area contributed by atoms with Crippen LogP contribution in [0, 0.1) is 11.6 Å². The number of nitrogens with zero attached hydrogens (tertiary/aromatic N) is 1. The second-order valence-electron chi connectivity index (χ2n) is 5.09. The van der Waals surface area contributed by atoms with E-state index in [0.29, 0.717) is 17.3 Å². The van der Waals surface area contributed by atoms with E-state index in [1.165, 1.54) is 17.9 Å². The van der Waals surface area contributed by atoms with E-state index in [1.54, 1.807) is 31.3 Å². The molecule has 0 aromatic heterocycles. The minimum atomic E-state index is -0.822. The minimum Gasteiger partial charge on any atom is -0.323 e. The van der Waals surface area contributed by atoms with Crippen molar-refractivity contribution in [2.24, 2.45) is 0 Å². The number of anilines is 2. The van der Waals surface area contributed by atoms with Crippen molar-refractivity contribution in [1.82, 2.24) is 0 Å². The molecule has 2 rings (SSSR count). The summed E-state index contributed by atoms with van der Waals surface area (Å²) in [6.07, 6.45) is 0.0425. The molecule has 6 heteroatoms. The Morgan fingerprint density at radius 2 is 1.74 bits per heavy atom. The van der Waals surface area contributed by atoms with Gasteiger partial charge in [0.25, 0.3) is 0 Å². The largest absolute Gasteiger partial charge is 0.323 e. The zero-order chi connectivity index (χ0) is 17.0. The first kappa shape index (κ1) is 16.6. The number of nitrogens with one attached hydrogen (secondary N) is 1. The predicted octanol–water partition coefficient (Wildman–Crippen LogP) is 3.13. The van der Waals surface area contributed by atoms with Crippen molar-refractivity contribution in [3.05, 3.63) is 59.7 Å². The maximum atomic E-state index is 13.5. The van der Waals surface area contributed by atoms with E-state index in [-0.39, 0.29) is 18.0 Å². The topological polar surface area (TPSA) is 49.4 Å². The minimum absolute atomic E-state index is 0.0425. The van der Waals surface area contributed by atoms with Crippen LogP contribution in [0.1, 0.15) is 12.5 Å². The first-order valence-corrected chi connectivity index (χ1v) is 6.95. The second kappa shape index (κ2) is 7.00. The van der Waals surface area contributed by atoms with Gasteiger partial charge in [0.15, 0.2) is 0 Å². The van der Waals surface area contributed by atoms with Crippen molar-refractivity contribution < 1.29 is 18.4 Å². The van der Waals surface area contributed by atoms with Crippen LogP contribution in [-0.2, 0) is 16.0 Å². The zero-order valence-electron chi connectivity index (χ0n) is 12.8. The first-order valence-electron chi connectivity index (χ1n) is 6.95. The molecule has 0 saturated heterocycles. The Kier molecular flexibility index (Phi) is 5.05. The molecule has 0 aliphatic rings. The molecule has 0 fully saturated rings. The Labute approximate surface area is 132 Å². The highest BCUT2D eigenvalue weighted by Gasteiger charge is 2.10. The summed E-state index contributed by atoms with van der Waals surface area (Å²) < 4.78 is 26.3. The third-order valence-corrected chi connectivity index (χ3v) is 3.37. The van der Waals surface area contributed by atoms with Gasteiger partial charge in [-0.3, -0.25) is 9.59 Å². The smallest absolute Gasteiger partial charge is 0.228 e. The van der Waals surface area contributed by atoms with Gasteiger partial charge in [-0.2, -0.15) is 0 Å². The molecule has 0 aliphatic heterocycles. The van der Waals surface area contributed by atoms with Crippen LogP contribution in [-0.4, -0.2) is 18.9 Å². The molecule has 2 aromatic carbocycles. The van der Waals surface area contributed by atoms with E-state index in [9.17, 15) is 18.4 Å². The molecule has 2 aromatic rings. The van der Waals surface area contributed by atoms with Gasteiger partial charge >= 0.3 is 0 Å². The third kappa shape index (κ3) is 4.35. The fourth-order valence-electron chi connectivity index (χ4n) is 1.99. The maximum Gasteiger partial charge on any atom is 0.228 e. The molecule has 0 spiro atoms. The highest BCUT2D eigenvalue weighted by atomic mass is 19.1. The molecule has 23 heavy (non-hydrogen) atoms. The summed E-state index contributed by atoms with van der Waals surface area (Å²) in [5, 5.41) is 2.40. The van der Waals surface area contributed by atoms with Crippen LogP contribution in [0.15, 0.2) is 42.5 Å². The molecule has 2 amide bonds. The number of rotatable bonds is 4. The molecule has 0 atom stereocenters. The van der Waals surface area contributed by atoms with Gasteiger partial charge < -0.3 is 10.2 Å². The summed E-state index contributed by atoms with van der Waals surface area (Å²) in [6, 6.07) is 9.84. The third-order valence-electron chi connectivity index (χ3n) is 3.37. The molecular weight excluding hydrogens is 302 g/mol. The lowest BCUT2D eigenvalue weighted by Crippen LogP contribution is -2.22. The Bertz CT molecular complexity index is 730. The van der Waals surface area contributed by atoms with E-state index in [2.05, 4.69) is 5.32 Å². The van der Waals surface area contributed by atoms with E-state index in [0.717, 1.165) is 6.07 Å². The van der Waals surface area contributed by atoms with E-state index < -0.39 is 17.5 Å². The van der Waals surface area contributed by atoms with Crippen LogP contribution in [0.3, 0.4) is 0 Å². The van der Waals surface area contributed by atoms with Crippen molar-refractivity contribution in [3.63, 3.8) is 0 Å². The quantitative estimate of drug-likeness (QED) is 0.941. The van der Waals surface area contributed by atoms with Crippen LogP contribution in [0.25, 0.3) is 0 Å². The molecule has 1 N–H and O–H groups in total. The molecule has 120 valence electrons. The van der Waals surface area contributed by atoms with Crippen molar-refractivity contribution in [3.8, 4) is 0 Å². The lowest BCUT2D eigenvalue weighted by Gasteiger charge is -2.15. The SMILES string of the molecule is CC(=O)N(C)c1ccc(CC(=O)Nc2ccc(F)cc2F)cc1. The Balaban J connectivity index is 2.01. The van der Waals surface area contributed by atoms with Gasteiger partial charge in [-0.25, -0.2) is 8.78 Å². The van der Waals surface area contributed by atoms with E-state index >= 15 is 0 Å². The number of halogens is 2. The average Bonchev–Trinajstić information content (AvgIpc) is 2.50. The van der Waals surface area contributed by atoms with Gasteiger partial charge in [0.1, 0.15) is 11.6 Å². The predicted molar refractivity (Wildman–Crippen MR) is 84.2 cm³/mol. The van der Waals surface area contributed by atoms with Crippen LogP contribution < -0.4 is 10.2 Å². The Hall–Kier alpha value is -2.76. The molecule has 0 bridgehead atoms. The number of hydrogen-bond acceptors (Lipinski definition) is 2. The summed E-state index contributed by atoms with van der Waals surface area (Å²) in [5.41, 5.74) is 1.36. The van der Waals surface area contributed by atoms with Gasteiger partial charge in [0.05, 0.1) is 12.1 Å². The van der Waals surface area contributed by atoms with E-state index in [1.807, 2.05) is 0 Å². The van der Waals surface area contributed by atoms with Crippen molar-refractivity contribution in [2.45, 2.75) is 13.3 Å². The van der Waals surface area contributed by atoms with Crippen LogP contribution in [0.2, 0.25) is 0 Å². The van der Waals surface area contributed by atoms with Gasteiger partial charge in [-0.1, -0.05) is 12.1 Å². The van der Waals surface area contributed by atoms with Crippen molar-refractivity contribution in [1.29, 1.82) is 0 Å². The summed E-state index contributed by atoms with van der Waals surface area (Å²) in [6.45, 7) is 1.46. The molecule has 0 unspecified atom stereocenters. The number of amides is 2. The number of benzene rings is 2. The summed E-state index contributed by atoms with van der Waals surface area (Å²) in [5.74, 6) is -2.03. The van der Waals surface area contributed by atoms with Crippen molar-refractivity contribution >= 4 is 23.2 Å². The van der Waals surface area contributed by atoms with E-state index in [4.69, 9.17) is 0 Å². The lowest BCUT2D eigenvalue weighted by atomic mass is 10.1. The highest BCUT2D eigenvalue weighted by Crippen LogP contribution is 2.17. The number of hydrogen-bond donors (Lipinski definition) is 1. The average molecular weight is 318 g/mol. The zero-order valence-corrected chi connectivity index (χ0v) is 12.8. The first-order chi connectivity index (χ1) is 10.9.